The van der Waals surface area contributed by atoms with Crippen LogP contribution < -0.4 is 4.74 Å². The second-order valence-electron chi connectivity index (χ2n) is 13.4. The third-order valence-electron chi connectivity index (χ3n) is 9.53. The molecule has 0 bridgehead atoms. The van der Waals surface area contributed by atoms with Gasteiger partial charge in [0, 0.05) is 0 Å². The molecule has 3 aliphatic rings. The molecule has 2 atom stereocenters. The van der Waals surface area contributed by atoms with Crippen LogP contribution in [0, 0.1) is 29.6 Å². The molecule has 4 rings (SSSR count). The van der Waals surface area contributed by atoms with Gasteiger partial charge in [0.15, 0.2) is 0 Å². The zero-order valence-corrected chi connectivity index (χ0v) is 26.2. The number of allylic oxidation sites excluding steroid dienone is 3. The van der Waals surface area contributed by atoms with Gasteiger partial charge in [0.1, 0.15) is 5.75 Å². The SMILES string of the molecule is CC(C)C1=CC(C(C)C)C(C(=O)Oc2c(C3CCCCC3)cc(S(=O)(=O)O)cc2C2CCCCC2)C(C(C)C)=C1. The molecule has 0 heterocycles. The Balaban J connectivity index is 1.84. The number of carbonyl (C=O) groups excluding carboxylic acids is 1. The van der Waals surface area contributed by atoms with Crippen molar-refractivity contribution in [2.75, 3.05) is 0 Å². The lowest BCUT2D eigenvalue weighted by Gasteiger charge is -2.36. The molecule has 1 N–H and O–H groups in total. The van der Waals surface area contributed by atoms with Crippen molar-refractivity contribution in [2.45, 2.75) is 122 Å². The normalized spacial score (nSPS) is 23.4. The molecule has 0 amide bonds. The summed E-state index contributed by atoms with van der Waals surface area (Å²) in [5, 5.41) is 0. The highest BCUT2D eigenvalue weighted by Gasteiger charge is 2.39. The van der Waals surface area contributed by atoms with E-state index in [0.29, 0.717) is 11.7 Å². The molecule has 0 aliphatic heterocycles. The van der Waals surface area contributed by atoms with Gasteiger partial charge in [-0.1, -0.05) is 97.8 Å². The molecule has 2 saturated carbocycles. The molecular formula is C34H50O5S. The maximum absolute atomic E-state index is 14.4. The number of esters is 1. The molecule has 3 aliphatic carbocycles. The number of benzene rings is 1. The molecule has 0 saturated heterocycles. The van der Waals surface area contributed by atoms with E-state index < -0.39 is 10.1 Å². The summed E-state index contributed by atoms with van der Waals surface area (Å²) >= 11 is 0. The predicted molar refractivity (Wildman–Crippen MR) is 161 cm³/mol. The van der Waals surface area contributed by atoms with Gasteiger partial charge in [-0.25, -0.2) is 0 Å². The molecule has 5 nitrogen and oxygen atoms in total. The van der Waals surface area contributed by atoms with E-state index in [1.165, 1.54) is 5.57 Å². The smallest absolute Gasteiger partial charge is 0.319 e. The Bertz CT molecular complexity index is 1190. The van der Waals surface area contributed by atoms with Gasteiger partial charge in [0.05, 0.1) is 10.8 Å². The van der Waals surface area contributed by atoms with Crippen LogP contribution in [0.3, 0.4) is 0 Å². The van der Waals surface area contributed by atoms with Crippen LogP contribution in [0.25, 0.3) is 0 Å². The Morgan fingerprint density at radius 2 is 1.32 bits per heavy atom. The predicted octanol–water partition coefficient (Wildman–Crippen LogP) is 9.00. The van der Waals surface area contributed by atoms with Gasteiger partial charge >= 0.3 is 5.97 Å². The van der Waals surface area contributed by atoms with Crippen LogP contribution in [0.4, 0.5) is 0 Å². The summed E-state index contributed by atoms with van der Waals surface area (Å²) in [6.45, 7) is 13.0. The highest BCUT2D eigenvalue weighted by molar-refractivity contribution is 7.85. The summed E-state index contributed by atoms with van der Waals surface area (Å²) in [6.07, 6.45) is 14.8. The Kier molecular flexibility index (Phi) is 10.0. The van der Waals surface area contributed by atoms with Gasteiger partial charge in [-0.15, -0.1) is 0 Å². The maximum atomic E-state index is 14.4. The van der Waals surface area contributed by atoms with Crippen LogP contribution in [0.5, 0.6) is 5.75 Å². The number of hydrogen-bond donors (Lipinski definition) is 1. The minimum Gasteiger partial charge on any atom is -0.425 e. The van der Waals surface area contributed by atoms with Crippen LogP contribution in [0.2, 0.25) is 0 Å². The average Bonchev–Trinajstić information content (AvgIpc) is 2.92. The van der Waals surface area contributed by atoms with Gasteiger partial charge in [0.25, 0.3) is 10.1 Å². The fraction of sp³-hybridized carbons (Fsp3) is 0.676. The van der Waals surface area contributed by atoms with Crippen molar-refractivity contribution in [3.05, 3.63) is 46.6 Å². The number of ether oxygens (including phenoxy) is 1. The zero-order valence-electron chi connectivity index (χ0n) is 25.4. The lowest BCUT2D eigenvalue weighted by atomic mass is 9.70. The topological polar surface area (TPSA) is 80.7 Å². The molecular weight excluding hydrogens is 520 g/mol. The molecule has 2 fully saturated rings. The molecule has 2 unspecified atom stereocenters. The largest absolute Gasteiger partial charge is 0.425 e. The Morgan fingerprint density at radius 1 is 0.825 bits per heavy atom. The fourth-order valence-electron chi connectivity index (χ4n) is 7.14. The van der Waals surface area contributed by atoms with E-state index in [4.69, 9.17) is 4.74 Å². The van der Waals surface area contributed by atoms with Gasteiger partial charge in [-0.05, 0) is 90.0 Å². The van der Waals surface area contributed by atoms with Crippen molar-refractivity contribution >= 4 is 16.1 Å². The van der Waals surface area contributed by atoms with Crippen molar-refractivity contribution in [2.24, 2.45) is 29.6 Å². The van der Waals surface area contributed by atoms with Crippen LogP contribution in [0.15, 0.2) is 40.3 Å². The minimum atomic E-state index is -4.40. The van der Waals surface area contributed by atoms with Gasteiger partial charge in [0.2, 0.25) is 0 Å². The lowest BCUT2D eigenvalue weighted by molar-refractivity contribution is -0.139. The van der Waals surface area contributed by atoms with Crippen LogP contribution in [0.1, 0.15) is 129 Å². The number of hydrogen-bond acceptors (Lipinski definition) is 4. The molecule has 40 heavy (non-hydrogen) atoms. The van der Waals surface area contributed by atoms with E-state index >= 15 is 0 Å². The molecule has 0 aromatic heterocycles. The van der Waals surface area contributed by atoms with Crippen molar-refractivity contribution in [3.63, 3.8) is 0 Å². The summed E-state index contributed by atoms with van der Waals surface area (Å²) in [7, 11) is -4.40. The maximum Gasteiger partial charge on any atom is 0.319 e. The first-order valence-corrected chi connectivity index (χ1v) is 17.1. The van der Waals surface area contributed by atoms with E-state index in [9.17, 15) is 17.8 Å². The number of carbonyl (C=O) groups is 1. The summed E-state index contributed by atoms with van der Waals surface area (Å²) in [4.78, 5) is 14.3. The first-order chi connectivity index (χ1) is 18.9. The molecule has 0 radical (unpaired) electrons. The van der Waals surface area contributed by atoms with E-state index in [-0.39, 0.29) is 46.4 Å². The Morgan fingerprint density at radius 3 is 1.73 bits per heavy atom. The summed E-state index contributed by atoms with van der Waals surface area (Å²) in [5.74, 6) is 1.01. The summed E-state index contributed by atoms with van der Waals surface area (Å²) < 4.78 is 41.6. The lowest BCUT2D eigenvalue weighted by Crippen LogP contribution is -2.35. The molecule has 0 spiro atoms. The third kappa shape index (κ3) is 6.92. The van der Waals surface area contributed by atoms with Crippen LogP contribution in [-0.4, -0.2) is 18.9 Å². The first kappa shape index (κ1) is 31.0. The second kappa shape index (κ2) is 12.9. The van der Waals surface area contributed by atoms with E-state index in [1.807, 2.05) is 0 Å². The quantitative estimate of drug-likeness (QED) is 0.192. The van der Waals surface area contributed by atoms with E-state index in [1.54, 1.807) is 12.1 Å². The highest BCUT2D eigenvalue weighted by atomic mass is 32.2. The fourth-order valence-corrected chi connectivity index (χ4v) is 7.69. The minimum absolute atomic E-state index is 0.0284. The van der Waals surface area contributed by atoms with Crippen molar-refractivity contribution in [3.8, 4) is 5.75 Å². The molecule has 1 aromatic carbocycles. The molecule has 1 aromatic rings. The monoisotopic (exact) mass is 570 g/mol. The second-order valence-corrected chi connectivity index (χ2v) is 14.8. The van der Waals surface area contributed by atoms with Crippen LogP contribution >= 0.6 is 0 Å². The Labute approximate surface area is 242 Å². The van der Waals surface area contributed by atoms with E-state index in [2.05, 4.69) is 53.7 Å². The molecule has 222 valence electrons. The summed E-state index contributed by atoms with van der Waals surface area (Å²) in [6, 6.07) is 3.19. The Hall–Kier alpha value is -1.92. The molecule has 6 heteroatoms. The van der Waals surface area contributed by atoms with Crippen LogP contribution in [-0.2, 0) is 14.9 Å². The zero-order chi connectivity index (χ0) is 29.2. The summed E-state index contributed by atoms with van der Waals surface area (Å²) in [5.41, 5.74) is 3.96. The van der Waals surface area contributed by atoms with E-state index in [0.717, 1.165) is 80.9 Å². The third-order valence-corrected chi connectivity index (χ3v) is 10.4. The standard InChI is InChI=1S/C34H50O5S/c1-21(2)26-17-28(22(3)4)32(29(18-26)23(5)6)34(35)39-33-30(24-13-9-7-10-14-24)19-27(40(36,37)38)20-31(33)25-15-11-8-12-16-25/h17-25,28,32H,7-16H2,1-6H3,(H,36,37,38). The number of rotatable bonds is 8. The first-order valence-electron chi connectivity index (χ1n) is 15.7. The average molecular weight is 571 g/mol. The van der Waals surface area contributed by atoms with Crippen molar-refractivity contribution in [1.29, 1.82) is 0 Å². The highest BCUT2D eigenvalue weighted by Crippen LogP contribution is 2.47. The van der Waals surface area contributed by atoms with Crippen molar-refractivity contribution < 1.29 is 22.5 Å². The van der Waals surface area contributed by atoms with Gasteiger partial charge in [-0.3, -0.25) is 9.35 Å². The van der Waals surface area contributed by atoms with Crippen molar-refractivity contribution in [1.82, 2.24) is 0 Å². The van der Waals surface area contributed by atoms with Gasteiger partial charge < -0.3 is 4.74 Å². The van der Waals surface area contributed by atoms with Gasteiger partial charge in [-0.2, -0.15) is 8.42 Å².